The molecule has 15 heavy (non-hydrogen) atoms. The molecule has 0 bridgehead atoms. The average molecular weight is 276 g/mol. The Bertz CT molecular complexity index is 397. The maximum absolute atomic E-state index is 13.2. The van der Waals surface area contributed by atoms with Gasteiger partial charge in [-0.2, -0.15) is 0 Å². The number of carbonyl (C=O) groups is 1. The number of nitrogen functional groups attached to an aromatic ring is 1. The number of primary amides is 1. The average Bonchev–Trinajstić information content (AvgIpc) is 2.09. The standard InChI is InChI=1S/C9H11BrFN3O/c1-14(4-9(13)15)8-3-6(11)5(10)2-7(8)12/h2-3H,4,12H2,1H3,(H2,13,15). The fourth-order valence-electron chi connectivity index (χ4n) is 1.20. The van der Waals surface area contributed by atoms with Crippen LogP contribution in [0, 0.1) is 5.82 Å². The van der Waals surface area contributed by atoms with Crippen LogP contribution in [0.2, 0.25) is 0 Å². The third-order valence-corrected chi connectivity index (χ3v) is 2.48. The van der Waals surface area contributed by atoms with Crippen molar-refractivity contribution in [1.82, 2.24) is 0 Å². The van der Waals surface area contributed by atoms with Crippen LogP contribution in [0.15, 0.2) is 16.6 Å². The molecule has 4 N–H and O–H groups in total. The van der Waals surface area contributed by atoms with Gasteiger partial charge >= 0.3 is 0 Å². The van der Waals surface area contributed by atoms with Gasteiger partial charge in [0.05, 0.1) is 22.4 Å². The molecule has 0 fully saturated rings. The molecule has 1 amide bonds. The Balaban J connectivity index is 3.03. The highest BCUT2D eigenvalue weighted by Crippen LogP contribution is 2.28. The predicted octanol–water partition coefficient (Wildman–Crippen LogP) is 1.09. The number of nitrogens with two attached hydrogens (primary N) is 2. The SMILES string of the molecule is CN(CC(N)=O)c1cc(F)c(Br)cc1N. The van der Waals surface area contributed by atoms with Crippen LogP contribution in [0.5, 0.6) is 0 Å². The van der Waals surface area contributed by atoms with E-state index in [9.17, 15) is 9.18 Å². The summed E-state index contributed by atoms with van der Waals surface area (Å²) >= 11 is 3.02. The van der Waals surface area contributed by atoms with Gasteiger partial charge in [-0.25, -0.2) is 4.39 Å². The highest BCUT2D eigenvalue weighted by atomic mass is 79.9. The van der Waals surface area contributed by atoms with E-state index in [1.807, 2.05) is 0 Å². The lowest BCUT2D eigenvalue weighted by molar-refractivity contribution is -0.116. The highest BCUT2D eigenvalue weighted by Gasteiger charge is 2.11. The van der Waals surface area contributed by atoms with Gasteiger partial charge in [0.25, 0.3) is 0 Å². The topological polar surface area (TPSA) is 72.3 Å². The van der Waals surface area contributed by atoms with Crippen LogP contribution in [-0.2, 0) is 4.79 Å². The fraction of sp³-hybridized carbons (Fsp3) is 0.222. The van der Waals surface area contributed by atoms with Crippen LogP contribution < -0.4 is 16.4 Å². The second kappa shape index (κ2) is 4.48. The van der Waals surface area contributed by atoms with Crippen LogP contribution >= 0.6 is 15.9 Å². The van der Waals surface area contributed by atoms with Gasteiger partial charge < -0.3 is 16.4 Å². The van der Waals surface area contributed by atoms with Crippen LogP contribution in [0.1, 0.15) is 0 Å². The maximum Gasteiger partial charge on any atom is 0.236 e. The molecule has 0 unspecified atom stereocenters. The second-order valence-corrected chi connectivity index (χ2v) is 4.00. The van der Waals surface area contributed by atoms with E-state index >= 15 is 0 Å². The molecule has 0 aliphatic carbocycles. The van der Waals surface area contributed by atoms with Crippen molar-refractivity contribution in [2.24, 2.45) is 5.73 Å². The van der Waals surface area contributed by atoms with Gasteiger partial charge in [0.2, 0.25) is 5.91 Å². The predicted molar refractivity (Wildman–Crippen MR) is 61.0 cm³/mol. The van der Waals surface area contributed by atoms with Crippen molar-refractivity contribution in [2.75, 3.05) is 24.2 Å². The Hall–Kier alpha value is -1.30. The van der Waals surface area contributed by atoms with E-state index in [-0.39, 0.29) is 11.0 Å². The number of anilines is 2. The normalized spacial score (nSPS) is 10.1. The molecule has 4 nitrogen and oxygen atoms in total. The van der Waals surface area contributed by atoms with Crippen LogP contribution in [0.4, 0.5) is 15.8 Å². The van der Waals surface area contributed by atoms with Crippen molar-refractivity contribution >= 4 is 33.2 Å². The summed E-state index contributed by atoms with van der Waals surface area (Å²) in [5.74, 6) is -0.934. The number of likely N-dealkylation sites (N-methyl/N-ethyl adjacent to an activating group) is 1. The molecule has 0 saturated heterocycles. The lowest BCUT2D eigenvalue weighted by atomic mass is 10.2. The smallest absolute Gasteiger partial charge is 0.236 e. The van der Waals surface area contributed by atoms with E-state index in [1.54, 1.807) is 7.05 Å². The molecule has 0 atom stereocenters. The highest BCUT2D eigenvalue weighted by molar-refractivity contribution is 9.10. The molecule has 0 aliphatic heterocycles. The first-order chi connectivity index (χ1) is 6.91. The van der Waals surface area contributed by atoms with Crippen molar-refractivity contribution in [3.63, 3.8) is 0 Å². The summed E-state index contributed by atoms with van der Waals surface area (Å²) in [6.07, 6.45) is 0. The monoisotopic (exact) mass is 275 g/mol. The molecule has 1 rings (SSSR count). The quantitative estimate of drug-likeness (QED) is 0.812. The zero-order valence-electron chi connectivity index (χ0n) is 8.13. The minimum absolute atomic E-state index is 0.00866. The molecule has 0 heterocycles. The Labute approximate surface area is 95.2 Å². The van der Waals surface area contributed by atoms with Crippen molar-refractivity contribution < 1.29 is 9.18 Å². The first-order valence-corrected chi connectivity index (χ1v) is 4.95. The summed E-state index contributed by atoms with van der Waals surface area (Å²) in [6, 6.07) is 2.70. The van der Waals surface area contributed by atoms with Crippen LogP contribution in [-0.4, -0.2) is 19.5 Å². The van der Waals surface area contributed by atoms with Crippen LogP contribution in [0.25, 0.3) is 0 Å². The summed E-state index contributed by atoms with van der Waals surface area (Å²) in [6.45, 7) is -0.00866. The zero-order valence-corrected chi connectivity index (χ0v) is 9.71. The zero-order chi connectivity index (χ0) is 11.6. The first-order valence-electron chi connectivity index (χ1n) is 4.15. The third-order valence-electron chi connectivity index (χ3n) is 1.87. The Morgan fingerprint density at radius 3 is 2.73 bits per heavy atom. The van der Waals surface area contributed by atoms with Crippen molar-refractivity contribution in [3.05, 3.63) is 22.4 Å². The molecule has 0 aliphatic rings. The number of amides is 1. The molecular formula is C9H11BrFN3O. The van der Waals surface area contributed by atoms with Gasteiger partial charge in [-0.15, -0.1) is 0 Å². The Morgan fingerprint density at radius 2 is 2.20 bits per heavy atom. The van der Waals surface area contributed by atoms with Crippen molar-refractivity contribution in [2.45, 2.75) is 0 Å². The van der Waals surface area contributed by atoms with Gasteiger partial charge in [0, 0.05) is 13.1 Å². The number of hydrogen-bond donors (Lipinski definition) is 2. The summed E-state index contributed by atoms with van der Waals surface area (Å²) in [5, 5.41) is 0. The number of carbonyl (C=O) groups excluding carboxylic acids is 1. The molecule has 6 heteroatoms. The second-order valence-electron chi connectivity index (χ2n) is 3.15. The molecular weight excluding hydrogens is 265 g/mol. The maximum atomic E-state index is 13.2. The molecule has 0 aromatic heterocycles. The summed E-state index contributed by atoms with van der Waals surface area (Å²) in [5.41, 5.74) is 11.5. The van der Waals surface area contributed by atoms with Gasteiger partial charge in [0.15, 0.2) is 0 Å². The largest absolute Gasteiger partial charge is 0.397 e. The van der Waals surface area contributed by atoms with E-state index in [2.05, 4.69) is 15.9 Å². The number of hydrogen-bond acceptors (Lipinski definition) is 3. The number of benzene rings is 1. The van der Waals surface area contributed by atoms with Crippen molar-refractivity contribution in [1.29, 1.82) is 0 Å². The van der Waals surface area contributed by atoms with E-state index < -0.39 is 11.7 Å². The Kier molecular flexibility index (Phi) is 3.52. The first kappa shape index (κ1) is 11.8. The van der Waals surface area contributed by atoms with E-state index in [1.165, 1.54) is 17.0 Å². The minimum atomic E-state index is -0.500. The van der Waals surface area contributed by atoms with Gasteiger partial charge in [-0.3, -0.25) is 4.79 Å². The van der Waals surface area contributed by atoms with E-state index in [0.29, 0.717) is 11.4 Å². The number of nitrogens with zero attached hydrogens (tertiary/aromatic N) is 1. The van der Waals surface area contributed by atoms with E-state index in [4.69, 9.17) is 11.5 Å². The molecule has 0 spiro atoms. The lowest BCUT2D eigenvalue weighted by Crippen LogP contribution is -2.31. The summed E-state index contributed by atoms with van der Waals surface area (Å²) < 4.78 is 13.5. The fourth-order valence-corrected chi connectivity index (χ4v) is 1.56. The van der Waals surface area contributed by atoms with Gasteiger partial charge in [-0.05, 0) is 22.0 Å². The summed E-state index contributed by atoms with van der Waals surface area (Å²) in [4.78, 5) is 12.2. The molecule has 0 radical (unpaired) electrons. The van der Waals surface area contributed by atoms with Gasteiger partial charge in [-0.1, -0.05) is 0 Å². The van der Waals surface area contributed by atoms with Gasteiger partial charge in [0.1, 0.15) is 5.82 Å². The van der Waals surface area contributed by atoms with Crippen molar-refractivity contribution in [3.8, 4) is 0 Å². The number of halogens is 2. The third kappa shape index (κ3) is 2.82. The Morgan fingerprint density at radius 1 is 1.60 bits per heavy atom. The molecule has 1 aromatic carbocycles. The molecule has 1 aromatic rings. The lowest BCUT2D eigenvalue weighted by Gasteiger charge is -2.19. The summed E-state index contributed by atoms with van der Waals surface area (Å²) in [7, 11) is 1.61. The minimum Gasteiger partial charge on any atom is -0.397 e. The number of rotatable bonds is 3. The van der Waals surface area contributed by atoms with E-state index in [0.717, 1.165) is 0 Å². The van der Waals surface area contributed by atoms with Crippen LogP contribution in [0.3, 0.4) is 0 Å². The molecule has 82 valence electrons. The molecule has 0 saturated carbocycles.